The molecule has 33 heavy (non-hydrogen) atoms. The van der Waals surface area contributed by atoms with E-state index < -0.39 is 12.1 Å². The summed E-state index contributed by atoms with van der Waals surface area (Å²) in [7, 11) is 0. The fourth-order valence-corrected chi connectivity index (χ4v) is 4.57. The molecule has 1 aromatic heterocycles. The molecule has 5 rings (SSSR count). The molecule has 5 nitrogen and oxygen atoms in total. The molecule has 0 spiro atoms. The van der Waals surface area contributed by atoms with Crippen molar-refractivity contribution in [1.82, 2.24) is 9.55 Å². The molecule has 0 radical (unpaired) electrons. The second-order valence-corrected chi connectivity index (χ2v) is 7.96. The van der Waals surface area contributed by atoms with E-state index in [4.69, 9.17) is 9.90 Å². The van der Waals surface area contributed by atoms with E-state index in [2.05, 4.69) is 14.5 Å². The van der Waals surface area contributed by atoms with Crippen molar-refractivity contribution < 1.29 is 31.9 Å². The third-order valence-corrected chi connectivity index (χ3v) is 5.91. The van der Waals surface area contributed by atoms with Crippen molar-refractivity contribution in [3.8, 4) is 11.3 Å². The Morgan fingerprint density at radius 2 is 1.85 bits per heavy atom. The lowest BCUT2D eigenvalue weighted by atomic mass is 9.86. The van der Waals surface area contributed by atoms with Crippen LogP contribution in [0, 0.1) is 17.6 Å². The maximum absolute atomic E-state index is 14.7. The summed E-state index contributed by atoms with van der Waals surface area (Å²) in [6.07, 6.45) is 0.555. The normalized spacial score (nSPS) is 19.4. The van der Waals surface area contributed by atoms with Gasteiger partial charge >= 0.3 is 12.1 Å². The molecule has 2 unspecified atom stereocenters. The number of carboxylic acids is 1. The van der Waals surface area contributed by atoms with E-state index in [1.807, 2.05) is 18.3 Å². The number of carboxylic acid groups (broad SMARTS) is 1. The molecule has 10 heteroatoms. The number of alkyl halides is 3. The summed E-state index contributed by atoms with van der Waals surface area (Å²) in [5.74, 6) is -2.89. The number of halogens is 5. The van der Waals surface area contributed by atoms with Crippen LogP contribution in [0.2, 0.25) is 0 Å². The molecule has 2 aliphatic rings. The third-order valence-electron chi connectivity index (χ3n) is 5.91. The van der Waals surface area contributed by atoms with E-state index in [1.165, 1.54) is 6.07 Å². The number of carbonyl (C=O) groups is 1. The van der Waals surface area contributed by atoms with Crippen LogP contribution in [0.15, 0.2) is 55.0 Å². The number of nitrogens with zero attached hydrogens (tertiary/aromatic N) is 3. The standard InChI is InChI=1S/C21H19F2N3.C2HF3O2/c22-15-5-1-6-16(10-15)25-9-3-4-14(12-25)21-20-17(7-2-8-18(20)23)19-11-24-13-26(19)21;3-2(4,5)1(6)7/h1-2,5-8,10-11,13-14,21H,3-4,9,12H2;(H,6,7). The molecule has 1 N–H and O–H groups in total. The van der Waals surface area contributed by atoms with Crippen molar-refractivity contribution in [3.05, 3.63) is 72.2 Å². The molecule has 2 aromatic carbocycles. The molecule has 3 aromatic rings. The van der Waals surface area contributed by atoms with Crippen LogP contribution >= 0.6 is 0 Å². The minimum atomic E-state index is -5.08. The Morgan fingerprint density at radius 1 is 1.12 bits per heavy atom. The van der Waals surface area contributed by atoms with Crippen molar-refractivity contribution in [1.29, 1.82) is 0 Å². The van der Waals surface area contributed by atoms with Crippen molar-refractivity contribution in [2.75, 3.05) is 18.0 Å². The SMILES string of the molecule is Fc1cccc(N2CCCC(C3c4c(F)cccc4-c4cncn43)C2)c1.O=C(O)C(F)(F)F. The highest BCUT2D eigenvalue weighted by atomic mass is 19.4. The lowest BCUT2D eigenvalue weighted by molar-refractivity contribution is -0.192. The monoisotopic (exact) mass is 465 g/mol. The highest BCUT2D eigenvalue weighted by molar-refractivity contribution is 5.73. The van der Waals surface area contributed by atoms with Gasteiger partial charge in [-0.15, -0.1) is 0 Å². The highest BCUT2D eigenvalue weighted by Gasteiger charge is 2.39. The maximum atomic E-state index is 14.7. The largest absolute Gasteiger partial charge is 0.490 e. The first-order chi connectivity index (χ1) is 15.7. The number of aromatic nitrogens is 2. The van der Waals surface area contributed by atoms with Gasteiger partial charge in [-0.2, -0.15) is 13.2 Å². The van der Waals surface area contributed by atoms with Crippen molar-refractivity contribution in [2.24, 2.45) is 5.92 Å². The molecule has 0 saturated carbocycles. The zero-order valence-electron chi connectivity index (χ0n) is 17.3. The van der Waals surface area contributed by atoms with E-state index in [-0.39, 0.29) is 23.6 Å². The minimum absolute atomic E-state index is 0.0555. The maximum Gasteiger partial charge on any atom is 0.490 e. The van der Waals surface area contributed by atoms with Gasteiger partial charge in [0.1, 0.15) is 11.6 Å². The average Bonchev–Trinajstić information content (AvgIpc) is 3.35. The zero-order valence-corrected chi connectivity index (χ0v) is 17.3. The Hall–Kier alpha value is -3.43. The first-order valence-corrected chi connectivity index (χ1v) is 10.3. The topological polar surface area (TPSA) is 58.4 Å². The molecule has 1 saturated heterocycles. The van der Waals surface area contributed by atoms with Gasteiger partial charge in [-0.3, -0.25) is 0 Å². The van der Waals surface area contributed by atoms with Crippen LogP contribution in [0.25, 0.3) is 11.3 Å². The lowest BCUT2D eigenvalue weighted by Gasteiger charge is -2.38. The summed E-state index contributed by atoms with van der Waals surface area (Å²) in [5, 5.41) is 7.12. The van der Waals surface area contributed by atoms with Crippen molar-refractivity contribution >= 4 is 11.7 Å². The number of aliphatic carboxylic acids is 1. The minimum Gasteiger partial charge on any atom is -0.475 e. The molecule has 2 aliphatic heterocycles. The number of anilines is 1. The van der Waals surface area contributed by atoms with Gasteiger partial charge in [0.2, 0.25) is 0 Å². The smallest absolute Gasteiger partial charge is 0.475 e. The third kappa shape index (κ3) is 4.55. The number of imidazole rings is 1. The van der Waals surface area contributed by atoms with E-state index in [1.54, 1.807) is 30.6 Å². The van der Waals surface area contributed by atoms with Crippen LogP contribution < -0.4 is 4.90 Å². The van der Waals surface area contributed by atoms with Crippen LogP contribution in [0.4, 0.5) is 27.6 Å². The van der Waals surface area contributed by atoms with Gasteiger partial charge in [0.05, 0.1) is 24.3 Å². The van der Waals surface area contributed by atoms with E-state index in [0.29, 0.717) is 0 Å². The Morgan fingerprint density at radius 3 is 2.55 bits per heavy atom. The van der Waals surface area contributed by atoms with Crippen molar-refractivity contribution in [3.63, 3.8) is 0 Å². The molecular formula is C23H20F5N3O2. The second-order valence-electron chi connectivity index (χ2n) is 7.96. The van der Waals surface area contributed by atoms with Gasteiger partial charge in [-0.1, -0.05) is 18.2 Å². The molecule has 0 bridgehead atoms. The number of benzene rings is 2. The van der Waals surface area contributed by atoms with Crippen LogP contribution in [0.1, 0.15) is 24.4 Å². The summed E-state index contributed by atoms with van der Waals surface area (Å²) < 4.78 is 62.2. The number of rotatable bonds is 2. The van der Waals surface area contributed by atoms with Crippen LogP contribution in [0.3, 0.4) is 0 Å². The molecule has 1 fully saturated rings. The molecular weight excluding hydrogens is 445 g/mol. The first-order valence-electron chi connectivity index (χ1n) is 10.3. The molecule has 2 atom stereocenters. The first kappa shape index (κ1) is 22.8. The number of piperidine rings is 1. The zero-order chi connectivity index (χ0) is 23.8. The fourth-order valence-electron chi connectivity index (χ4n) is 4.57. The number of hydrogen-bond acceptors (Lipinski definition) is 3. The summed E-state index contributed by atoms with van der Waals surface area (Å²) in [5.41, 5.74) is 3.59. The van der Waals surface area contributed by atoms with E-state index >= 15 is 0 Å². The summed E-state index contributed by atoms with van der Waals surface area (Å²) in [6.45, 7) is 1.67. The van der Waals surface area contributed by atoms with E-state index in [9.17, 15) is 22.0 Å². The molecule has 0 aliphatic carbocycles. The van der Waals surface area contributed by atoms with Crippen LogP contribution in [0.5, 0.6) is 0 Å². The predicted octanol–water partition coefficient (Wildman–Crippen LogP) is 5.28. The van der Waals surface area contributed by atoms with Gasteiger partial charge in [0.25, 0.3) is 0 Å². The van der Waals surface area contributed by atoms with Gasteiger partial charge in [0.15, 0.2) is 0 Å². The highest BCUT2D eigenvalue weighted by Crippen LogP contribution is 2.46. The summed E-state index contributed by atoms with van der Waals surface area (Å²) >= 11 is 0. The number of fused-ring (bicyclic) bond motifs is 3. The quantitative estimate of drug-likeness (QED) is 0.523. The van der Waals surface area contributed by atoms with Crippen LogP contribution in [-0.4, -0.2) is 39.9 Å². The summed E-state index contributed by atoms with van der Waals surface area (Å²) in [6, 6.07) is 11.9. The average molecular weight is 465 g/mol. The Bertz CT molecular complexity index is 1160. The van der Waals surface area contributed by atoms with Gasteiger partial charge in [0, 0.05) is 35.8 Å². The van der Waals surface area contributed by atoms with E-state index in [0.717, 1.165) is 48.4 Å². The predicted molar refractivity (Wildman–Crippen MR) is 111 cm³/mol. The van der Waals surface area contributed by atoms with Gasteiger partial charge < -0.3 is 14.6 Å². The molecule has 3 heterocycles. The fraction of sp³-hybridized carbons (Fsp3) is 0.304. The molecule has 174 valence electrons. The van der Waals surface area contributed by atoms with Crippen molar-refractivity contribution in [2.45, 2.75) is 25.1 Å². The van der Waals surface area contributed by atoms with Crippen LogP contribution in [-0.2, 0) is 4.79 Å². The number of hydrogen-bond donors (Lipinski definition) is 1. The Labute approximate surface area is 186 Å². The summed E-state index contributed by atoms with van der Waals surface area (Å²) in [4.78, 5) is 15.4. The van der Waals surface area contributed by atoms with Gasteiger partial charge in [-0.05, 0) is 37.1 Å². The van der Waals surface area contributed by atoms with Gasteiger partial charge in [-0.25, -0.2) is 18.6 Å². The Kier molecular flexibility index (Phi) is 6.09. The Balaban J connectivity index is 0.000000325. The lowest BCUT2D eigenvalue weighted by Crippen LogP contribution is -2.39. The second kappa shape index (κ2) is 8.84. The molecule has 0 amide bonds.